The molecule has 1 atom stereocenters. The average molecular weight is 387 g/mol. The fourth-order valence-corrected chi connectivity index (χ4v) is 4.85. The smallest absolute Gasteiger partial charge is 0.265 e. The third kappa shape index (κ3) is 4.74. The summed E-state index contributed by atoms with van der Waals surface area (Å²) >= 11 is 0. The van der Waals surface area contributed by atoms with Gasteiger partial charge in [0.1, 0.15) is 5.75 Å². The van der Waals surface area contributed by atoms with Crippen LogP contribution in [0.5, 0.6) is 5.75 Å². The Kier molecular flexibility index (Phi) is 5.60. The number of hydrogen-bond donors (Lipinski definition) is 0. The molecule has 0 N–H and O–H groups in total. The second kappa shape index (κ2) is 7.92. The first-order valence-electron chi connectivity index (χ1n) is 8.67. The molecule has 1 saturated heterocycles. The SMILES string of the molecule is CC(=O)c1cccc(OCC(=O)N(c2ccccc2)[C@@H]2CCS(=O)(=O)C2)c1. The van der Waals surface area contributed by atoms with E-state index < -0.39 is 15.9 Å². The highest BCUT2D eigenvalue weighted by Crippen LogP contribution is 2.25. The first-order chi connectivity index (χ1) is 12.9. The lowest BCUT2D eigenvalue weighted by Gasteiger charge is -2.28. The van der Waals surface area contributed by atoms with Crippen LogP contribution in [0.25, 0.3) is 0 Å². The minimum Gasteiger partial charge on any atom is -0.484 e. The summed E-state index contributed by atoms with van der Waals surface area (Å²) in [5.74, 6) is 0.0389. The summed E-state index contributed by atoms with van der Waals surface area (Å²) in [4.78, 5) is 25.9. The number of ether oxygens (including phenoxy) is 1. The Morgan fingerprint density at radius 1 is 1.11 bits per heavy atom. The fourth-order valence-electron chi connectivity index (χ4n) is 3.15. The zero-order valence-electron chi connectivity index (χ0n) is 15.0. The maximum atomic E-state index is 12.9. The molecule has 1 aliphatic heterocycles. The Morgan fingerprint density at radius 2 is 1.85 bits per heavy atom. The van der Waals surface area contributed by atoms with Gasteiger partial charge in [0, 0.05) is 11.3 Å². The van der Waals surface area contributed by atoms with Crippen LogP contribution < -0.4 is 9.64 Å². The number of ketones is 1. The highest BCUT2D eigenvalue weighted by Gasteiger charge is 2.35. The molecule has 27 heavy (non-hydrogen) atoms. The van der Waals surface area contributed by atoms with Gasteiger partial charge in [0.05, 0.1) is 17.5 Å². The van der Waals surface area contributed by atoms with E-state index in [9.17, 15) is 18.0 Å². The third-order valence-electron chi connectivity index (χ3n) is 4.48. The minimum atomic E-state index is -3.14. The summed E-state index contributed by atoms with van der Waals surface area (Å²) in [6.45, 7) is 1.22. The van der Waals surface area contributed by atoms with E-state index >= 15 is 0 Å². The van der Waals surface area contributed by atoms with Crippen molar-refractivity contribution in [1.29, 1.82) is 0 Å². The van der Waals surface area contributed by atoms with Crippen molar-refractivity contribution in [3.8, 4) is 5.75 Å². The quantitative estimate of drug-likeness (QED) is 0.712. The molecule has 0 unspecified atom stereocenters. The molecule has 0 aromatic heterocycles. The molecular formula is C20H21NO5S. The molecule has 2 aromatic carbocycles. The van der Waals surface area contributed by atoms with Crippen LogP contribution in [-0.4, -0.2) is 44.3 Å². The molecule has 142 valence electrons. The second-order valence-corrected chi connectivity index (χ2v) is 8.76. The summed E-state index contributed by atoms with van der Waals surface area (Å²) in [7, 11) is -3.14. The Balaban J connectivity index is 1.77. The van der Waals surface area contributed by atoms with Crippen molar-refractivity contribution in [3.05, 3.63) is 60.2 Å². The number of anilines is 1. The van der Waals surface area contributed by atoms with Crippen LogP contribution >= 0.6 is 0 Å². The predicted octanol–water partition coefficient (Wildman–Crippen LogP) is 2.49. The summed E-state index contributed by atoms with van der Waals surface area (Å²) in [6.07, 6.45) is 0.406. The lowest BCUT2D eigenvalue weighted by atomic mass is 10.1. The molecule has 2 aromatic rings. The first-order valence-corrected chi connectivity index (χ1v) is 10.5. The van der Waals surface area contributed by atoms with Crippen LogP contribution in [0.1, 0.15) is 23.7 Å². The number of benzene rings is 2. The van der Waals surface area contributed by atoms with Crippen molar-refractivity contribution in [3.63, 3.8) is 0 Å². The van der Waals surface area contributed by atoms with Gasteiger partial charge in [-0.05, 0) is 37.6 Å². The molecule has 0 saturated carbocycles. The highest BCUT2D eigenvalue weighted by atomic mass is 32.2. The van der Waals surface area contributed by atoms with Gasteiger partial charge in [-0.1, -0.05) is 30.3 Å². The van der Waals surface area contributed by atoms with Gasteiger partial charge in [-0.25, -0.2) is 8.42 Å². The van der Waals surface area contributed by atoms with Gasteiger partial charge in [-0.3, -0.25) is 9.59 Å². The molecule has 1 fully saturated rings. The van der Waals surface area contributed by atoms with Crippen molar-refractivity contribution in [2.45, 2.75) is 19.4 Å². The van der Waals surface area contributed by atoms with Gasteiger partial charge < -0.3 is 9.64 Å². The van der Waals surface area contributed by atoms with Gasteiger partial charge in [0.25, 0.3) is 5.91 Å². The van der Waals surface area contributed by atoms with Crippen molar-refractivity contribution in [2.75, 3.05) is 23.0 Å². The number of hydrogen-bond acceptors (Lipinski definition) is 5. The van der Waals surface area contributed by atoms with Gasteiger partial charge in [-0.15, -0.1) is 0 Å². The van der Waals surface area contributed by atoms with E-state index in [1.54, 1.807) is 48.5 Å². The molecule has 1 aliphatic rings. The zero-order chi connectivity index (χ0) is 19.4. The van der Waals surface area contributed by atoms with Crippen molar-refractivity contribution < 1.29 is 22.7 Å². The van der Waals surface area contributed by atoms with Gasteiger partial charge in [-0.2, -0.15) is 0 Å². The molecule has 0 aliphatic carbocycles. The second-order valence-electron chi connectivity index (χ2n) is 6.53. The predicted molar refractivity (Wildman–Crippen MR) is 103 cm³/mol. The first kappa shape index (κ1) is 19.1. The molecule has 3 rings (SSSR count). The molecule has 0 bridgehead atoms. The highest BCUT2D eigenvalue weighted by molar-refractivity contribution is 7.91. The van der Waals surface area contributed by atoms with Crippen LogP contribution in [0.15, 0.2) is 54.6 Å². The van der Waals surface area contributed by atoms with E-state index in [2.05, 4.69) is 0 Å². The monoisotopic (exact) mass is 387 g/mol. The van der Waals surface area contributed by atoms with E-state index in [4.69, 9.17) is 4.74 Å². The van der Waals surface area contributed by atoms with Crippen molar-refractivity contribution in [1.82, 2.24) is 0 Å². The van der Waals surface area contributed by atoms with E-state index in [1.807, 2.05) is 6.07 Å². The molecule has 1 heterocycles. The Bertz CT molecular complexity index is 940. The number of sulfone groups is 1. The molecule has 6 nitrogen and oxygen atoms in total. The number of amides is 1. The van der Waals surface area contributed by atoms with Crippen LogP contribution in [0.4, 0.5) is 5.69 Å². The Hall–Kier alpha value is -2.67. The number of Topliss-reactive ketones (excluding diaryl/α,β-unsaturated/α-hetero) is 1. The Morgan fingerprint density at radius 3 is 2.48 bits per heavy atom. The lowest BCUT2D eigenvalue weighted by molar-refractivity contribution is -0.121. The zero-order valence-corrected chi connectivity index (χ0v) is 15.8. The molecule has 0 spiro atoms. The van der Waals surface area contributed by atoms with Crippen molar-refractivity contribution in [2.24, 2.45) is 0 Å². The topological polar surface area (TPSA) is 80.8 Å². The number of nitrogens with zero attached hydrogens (tertiary/aromatic N) is 1. The van der Waals surface area contributed by atoms with Crippen molar-refractivity contribution >= 4 is 27.2 Å². The maximum absolute atomic E-state index is 12.9. The van der Waals surface area contributed by atoms with Crippen LogP contribution in [0.2, 0.25) is 0 Å². The lowest BCUT2D eigenvalue weighted by Crippen LogP contribution is -2.43. The number of para-hydroxylation sites is 1. The van der Waals surface area contributed by atoms with Gasteiger partial charge in [0.2, 0.25) is 0 Å². The maximum Gasteiger partial charge on any atom is 0.265 e. The molecule has 1 amide bonds. The molecule has 7 heteroatoms. The van der Waals surface area contributed by atoms with E-state index in [-0.39, 0.29) is 29.8 Å². The summed E-state index contributed by atoms with van der Waals surface area (Å²) < 4.78 is 29.3. The van der Waals surface area contributed by atoms with E-state index in [0.29, 0.717) is 23.4 Å². The number of carbonyl (C=O) groups is 2. The van der Waals surface area contributed by atoms with Gasteiger partial charge >= 0.3 is 0 Å². The average Bonchev–Trinajstić information content (AvgIpc) is 3.00. The minimum absolute atomic E-state index is 0.0482. The van der Waals surface area contributed by atoms with E-state index in [0.717, 1.165) is 0 Å². The largest absolute Gasteiger partial charge is 0.484 e. The summed E-state index contributed by atoms with van der Waals surface area (Å²) in [5, 5.41) is 0. The van der Waals surface area contributed by atoms with Crippen LogP contribution in [0, 0.1) is 0 Å². The van der Waals surface area contributed by atoms with Crippen LogP contribution in [0.3, 0.4) is 0 Å². The van der Waals surface area contributed by atoms with E-state index in [1.165, 1.54) is 11.8 Å². The number of carbonyl (C=O) groups excluding carboxylic acids is 2. The third-order valence-corrected chi connectivity index (χ3v) is 6.23. The van der Waals surface area contributed by atoms with Gasteiger partial charge in [0.15, 0.2) is 22.2 Å². The fraction of sp³-hybridized carbons (Fsp3) is 0.300. The number of rotatable bonds is 6. The standard InChI is InChI=1S/C20H21NO5S/c1-15(22)16-6-5-9-19(12-16)26-13-20(23)21(17-7-3-2-4-8-17)18-10-11-27(24,25)14-18/h2-9,12,18H,10-11,13-14H2,1H3/t18-/m1/s1. The summed E-state index contributed by atoms with van der Waals surface area (Å²) in [5.41, 5.74) is 1.15. The van der Waals surface area contributed by atoms with Crippen LogP contribution in [-0.2, 0) is 14.6 Å². The molecular weight excluding hydrogens is 366 g/mol. The normalized spacial score (nSPS) is 18.0. The Labute approximate surface area is 158 Å². The summed E-state index contributed by atoms with van der Waals surface area (Å²) in [6, 6.07) is 15.2. The molecule has 0 radical (unpaired) electrons.